The van der Waals surface area contributed by atoms with Crippen LogP contribution in [0.5, 0.6) is 0 Å². The molecule has 10 aromatic rings. The summed E-state index contributed by atoms with van der Waals surface area (Å²) in [6, 6.07) is 24.9. The lowest BCUT2D eigenvalue weighted by atomic mass is 9.84. The van der Waals surface area contributed by atoms with Gasteiger partial charge in [-0.3, -0.25) is 4.57 Å². The van der Waals surface area contributed by atoms with Gasteiger partial charge in [-0.15, -0.1) is 0 Å². The predicted octanol–water partition coefficient (Wildman–Crippen LogP) is 12.6. The fourth-order valence-electron chi connectivity index (χ4n) is 7.06. The Hall–Kier alpha value is -6.51. The molecule has 2 nitrogen and oxygen atoms in total. The zero-order valence-electron chi connectivity index (χ0n) is 38.7. The molecule has 0 radical (unpaired) electrons. The summed E-state index contributed by atoms with van der Waals surface area (Å²) in [6.07, 6.45) is 0. The normalized spacial score (nSPS) is 15.4. The van der Waals surface area contributed by atoms with E-state index in [9.17, 15) is 5.48 Å². The second-order valence-electron chi connectivity index (χ2n) is 11.8. The summed E-state index contributed by atoms with van der Waals surface area (Å²) in [7, 11) is 0. The highest BCUT2D eigenvalue weighted by Gasteiger charge is 2.20. The smallest absolute Gasteiger partial charge is 0.145 e. The maximum atomic E-state index is 9.53. The largest absolute Gasteiger partial charge is 0.292 e. The third-order valence-corrected chi connectivity index (χ3v) is 9.09. The van der Waals surface area contributed by atoms with E-state index in [1.807, 2.05) is 54.6 Å². The monoisotopic (exact) mass is 635 g/mol. The van der Waals surface area contributed by atoms with Crippen LogP contribution in [0.15, 0.2) is 182 Å². The van der Waals surface area contributed by atoms with Gasteiger partial charge >= 0.3 is 0 Å². The first-order chi connectivity index (χ1) is 29.7. The van der Waals surface area contributed by atoms with Crippen molar-refractivity contribution in [2.45, 2.75) is 0 Å². The molecular weight excluding hydrogens is 593 g/mol. The van der Waals surface area contributed by atoms with Crippen LogP contribution in [0.2, 0.25) is 0 Å². The highest BCUT2D eigenvalue weighted by atomic mass is 15.1. The van der Waals surface area contributed by atoms with Gasteiger partial charge in [0.25, 0.3) is 0 Å². The Bertz CT molecular complexity index is 3530. The van der Waals surface area contributed by atoms with Gasteiger partial charge in [0.15, 0.2) is 0 Å². The van der Waals surface area contributed by atoms with E-state index in [-0.39, 0.29) is 56.1 Å². The third kappa shape index (κ3) is 4.31. The average molecular weight is 636 g/mol. The van der Waals surface area contributed by atoms with E-state index in [4.69, 9.17) is 17.3 Å². The number of rotatable bonds is 4. The molecule has 10 rings (SSSR count). The molecule has 0 N–H and O–H groups in total. The standard InChI is InChI=1S/C47H30N2/c1-2-15-31(16-3-1)47-48-43-27-12-13-28-44(43)49(47)34-19-14-18-33(29-34)45-38-23-8-10-25-40(38)46(41-26-11-9-24-39(41)45)42-30-32-17-4-5-20-35(32)36-21-6-7-22-37(36)42/h1-30H/i1D,2D,3D,8D,9D,10D,11D,15D,16D,23D,24D,25D,26D. The fourth-order valence-corrected chi connectivity index (χ4v) is 7.06. The van der Waals surface area contributed by atoms with Crippen molar-refractivity contribution in [1.82, 2.24) is 9.55 Å². The summed E-state index contributed by atoms with van der Waals surface area (Å²) < 4.78 is 118. The molecule has 0 bridgehead atoms. The molecule has 9 aromatic carbocycles. The van der Waals surface area contributed by atoms with Crippen LogP contribution in [0.3, 0.4) is 0 Å². The van der Waals surface area contributed by atoms with Gasteiger partial charge < -0.3 is 0 Å². The summed E-state index contributed by atoms with van der Waals surface area (Å²) in [5.41, 5.74) is 2.48. The van der Waals surface area contributed by atoms with Crippen LogP contribution in [0.4, 0.5) is 0 Å². The molecule has 1 heterocycles. The van der Waals surface area contributed by atoms with Gasteiger partial charge in [0.05, 0.1) is 28.9 Å². The summed E-state index contributed by atoms with van der Waals surface area (Å²) >= 11 is 0. The zero-order chi connectivity index (χ0) is 43.6. The average Bonchev–Trinajstić information content (AvgIpc) is 3.67. The van der Waals surface area contributed by atoms with Gasteiger partial charge in [0.1, 0.15) is 5.82 Å². The second kappa shape index (κ2) is 11.0. The van der Waals surface area contributed by atoms with E-state index in [1.54, 1.807) is 53.1 Å². The van der Waals surface area contributed by atoms with Crippen LogP contribution < -0.4 is 0 Å². The zero-order valence-corrected chi connectivity index (χ0v) is 25.7. The molecule has 0 aliphatic rings. The summed E-state index contributed by atoms with van der Waals surface area (Å²) in [5, 5.41) is 3.55. The molecule has 0 saturated carbocycles. The van der Waals surface area contributed by atoms with Crippen LogP contribution in [-0.2, 0) is 0 Å². The van der Waals surface area contributed by atoms with E-state index in [2.05, 4.69) is 0 Å². The number of hydrogen-bond acceptors (Lipinski definition) is 1. The lowest BCUT2D eigenvalue weighted by Crippen LogP contribution is -1.98. The van der Waals surface area contributed by atoms with Gasteiger partial charge in [-0.25, -0.2) is 4.98 Å². The van der Waals surface area contributed by atoms with E-state index in [0.29, 0.717) is 27.8 Å². The van der Waals surface area contributed by atoms with Crippen LogP contribution in [-0.4, -0.2) is 9.55 Å². The highest BCUT2D eigenvalue weighted by molar-refractivity contribution is 6.25. The van der Waals surface area contributed by atoms with Gasteiger partial charge in [-0.1, -0.05) is 151 Å². The summed E-state index contributed by atoms with van der Waals surface area (Å²) in [5.74, 6) is 0.0532. The number of imidazole rings is 1. The number of nitrogens with zero attached hydrogens (tertiary/aromatic N) is 2. The topological polar surface area (TPSA) is 17.8 Å². The van der Waals surface area contributed by atoms with Gasteiger partial charge in [0, 0.05) is 11.3 Å². The van der Waals surface area contributed by atoms with Gasteiger partial charge in [0.2, 0.25) is 0 Å². The molecule has 0 spiro atoms. The van der Waals surface area contributed by atoms with Crippen molar-refractivity contribution in [3.63, 3.8) is 0 Å². The van der Waals surface area contributed by atoms with E-state index in [1.165, 1.54) is 0 Å². The van der Waals surface area contributed by atoms with Crippen LogP contribution in [0.25, 0.3) is 93.5 Å². The highest BCUT2D eigenvalue weighted by Crippen LogP contribution is 2.46. The predicted molar refractivity (Wildman–Crippen MR) is 207 cm³/mol. The minimum Gasteiger partial charge on any atom is -0.292 e. The Labute approximate surface area is 302 Å². The van der Waals surface area contributed by atoms with Gasteiger partial charge in [-0.2, -0.15) is 0 Å². The molecule has 228 valence electrons. The van der Waals surface area contributed by atoms with Crippen molar-refractivity contribution in [3.8, 4) is 39.3 Å². The molecule has 0 aliphatic carbocycles. The first-order valence-electron chi connectivity index (χ1n) is 22.2. The van der Waals surface area contributed by atoms with E-state index < -0.39 is 66.5 Å². The number of hydrogen-bond donors (Lipinski definition) is 0. The minimum atomic E-state index is -0.554. The molecule has 2 heteroatoms. The maximum absolute atomic E-state index is 9.53. The minimum absolute atomic E-state index is 0.0410. The van der Waals surface area contributed by atoms with Crippen molar-refractivity contribution in [2.75, 3.05) is 0 Å². The van der Waals surface area contributed by atoms with Crippen molar-refractivity contribution in [1.29, 1.82) is 0 Å². The van der Waals surface area contributed by atoms with Crippen molar-refractivity contribution in [2.24, 2.45) is 0 Å². The Morgan fingerprint density at radius 3 is 1.82 bits per heavy atom. The van der Waals surface area contributed by atoms with E-state index in [0.717, 1.165) is 21.5 Å². The SMILES string of the molecule is [2H]c1c([2H])c([2H])c(-c2nc3ccccc3n2-c2cccc(-c3c4c([2H])c([2H])c([2H])c([2H])c4c(-c4cc5ccccc5c5ccccc45)c4c([2H])c([2H])c([2H])c([2H])c34)c2)c([2H])c1[2H]. The van der Waals surface area contributed by atoms with Crippen LogP contribution in [0, 0.1) is 0 Å². The summed E-state index contributed by atoms with van der Waals surface area (Å²) in [6.45, 7) is 0. The fraction of sp³-hybridized carbons (Fsp3) is 0. The maximum Gasteiger partial charge on any atom is 0.145 e. The molecule has 1 aromatic heterocycles. The molecule has 0 aliphatic heterocycles. The second-order valence-corrected chi connectivity index (χ2v) is 11.8. The third-order valence-electron chi connectivity index (χ3n) is 9.09. The Kier molecular flexibility index (Phi) is 3.96. The molecule has 0 atom stereocenters. The Balaban J connectivity index is 1.40. The first-order valence-corrected chi connectivity index (χ1v) is 15.7. The summed E-state index contributed by atoms with van der Waals surface area (Å²) in [4.78, 5) is 4.77. The lowest BCUT2D eigenvalue weighted by Gasteiger charge is -2.20. The molecule has 0 unspecified atom stereocenters. The Morgan fingerprint density at radius 2 is 1.06 bits per heavy atom. The number of fused-ring (bicyclic) bond motifs is 6. The van der Waals surface area contributed by atoms with E-state index >= 15 is 0 Å². The molecule has 49 heavy (non-hydrogen) atoms. The van der Waals surface area contributed by atoms with Crippen LogP contribution in [0.1, 0.15) is 17.8 Å². The number of benzene rings is 9. The van der Waals surface area contributed by atoms with Crippen molar-refractivity contribution < 1.29 is 17.8 Å². The van der Waals surface area contributed by atoms with Crippen molar-refractivity contribution >= 4 is 54.1 Å². The number of para-hydroxylation sites is 2. The lowest BCUT2D eigenvalue weighted by molar-refractivity contribution is 1.10. The Morgan fingerprint density at radius 1 is 0.449 bits per heavy atom. The van der Waals surface area contributed by atoms with Crippen LogP contribution >= 0.6 is 0 Å². The molecular formula is C47H30N2. The van der Waals surface area contributed by atoms with Crippen molar-refractivity contribution in [3.05, 3.63) is 182 Å². The molecule has 0 fully saturated rings. The first kappa shape index (κ1) is 17.6. The quantitative estimate of drug-likeness (QED) is 0.139. The number of aromatic nitrogens is 2. The molecule has 0 amide bonds. The van der Waals surface area contributed by atoms with Gasteiger partial charge in [-0.05, 0) is 95.7 Å². The molecule has 0 saturated heterocycles.